The number of carboxylic acid groups (broad SMARTS) is 1. The van der Waals surface area contributed by atoms with Crippen molar-refractivity contribution in [2.45, 2.75) is 39.2 Å². The molecule has 108 valence electrons. The number of hydrogen-bond donors (Lipinski definition) is 1. The second-order valence-electron chi connectivity index (χ2n) is 6.04. The number of likely N-dealkylation sites (tertiary alicyclic amines) is 1. The molecule has 1 aliphatic carbocycles. The SMILES string of the molecule is CC(C)CCOC1CCN(C(=O)C2CC2C(=O)O)C1. The van der Waals surface area contributed by atoms with Crippen molar-refractivity contribution >= 4 is 11.9 Å². The van der Waals surface area contributed by atoms with E-state index in [2.05, 4.69) is 13.8 Å². The molecule has 1 saturated heterocycles. The molecule has 1 N–H and O–H groups in total. The monoisotopic (exact) mass is 269 g/mol. The summed E-state index contributed by atoms with van der Waals surface area (Å²) in [6.45, 7) is 6.39. The van der Waals surface area contributed by atoms with Crippen LogP contribution in [0.2, 0.25) is 0 Å². The molecule has 2 aliphatic rings. The van der Waals surface area contributed by atoms with Crippen LogP contribution in [0.3, 0.4) is 0 Å². The second kappa shape index (κ2) is 5.90. The lowest BCUT2D eigenvalue weighted by molar-refractivity contribution is -0.141. The molecular formula is C14H23NO4. The highest BCUT2D eigenvalue weighted by atomic mass is 16.5. The minimum atomic E-state index is -0.845. The van der Waals surface area contributed by atoms with E-state index in [9.17, 15) is 9.59 Å². The number of rotatable bonds is 6. The number of carbonyl (C=O) groups excluding carboxylic acids is 1. The highest BCUT2D eigenvalue weighted by molar-refractivity contribution is 5.89. The van der Waals surface area contributed by atoms with Gasteiger partial charge in [-0.1, -0.05) is 13.8 Å². The molecule has 0 bridgehead atoms. The fourth-order valence-corrected chi connectivity index (χ4v) is 2.51. The lowest BCUT2D eigenvalue weighted by Gasteiger charge is -2.17. The van der Waals surface area contributed by atoms with E-state index in [-0.39, 0.29) is 17.9 Å². The molecule has 0 aromatic rings. The Kier molecular flexibility index (Phi) is 4.45. The fourth-order valence-electron chi connectivity index (χ4n) is 2.51. The molecule has 1 amide bonds. The van der Waals surface area contributed by atoms with Gasteiger partial charge in [0.15, 0.2) is 0 Å². The maximum Gasteiger partial charge on any atom is 0.307 e. The zero-order valence-corrected chi connectivity index (χ0v) is 11.7. The summed E-state index contributed by atoms with van der Waals surface area (Å²) in [5.74, 6) is -0.952. The van der Waals surface area contributed by atoms with Gasteiger partial charge in [0.25, 0.3) is 0 Å². The third-order valence-electron chi connectivity index (χ3n) is 3.93. The Morgan fingerprint density at radius 2 is 2.11 bits per heavy atom. The van der Waals surface area contributed by atoms with Gasteiger partial charge in [0.1, 0.15) is 0 Å². The summed E-state index contributed by atoms with van der Waals surface area (Å²) < 4.78 is 5.76. The van der Waals surface area contributed by atoms with Crippen LogP contribution in [0.1, 0.15) is 33.1 Å². The molecule has 5 heteroatoms. The zero-order chi connectivity index (χ0) is 14.0. The van der Waals surface area contributed by atoms with Crippen LogP contribution in [0.5, 0.6) is 0 Å². The van der Waals surface area contributed by atoms with Crippen LogP contribution in [0.4, 0.5) is 0 Å². The molecule has 1 aliphatic heterocycles. The smallest absolute Gasteiger partial charge is 0.307 e. The summed E-state index contributed by atoms with van der Waals surface area (Å²) in [5.41, 5.74) is 0. The number of ether oxygens (including phenoxy) is 1. The first kappa shape index (κ1) is 14.3. The van der Waals surface area contributed by atoms with E-state index in [1.165, 1.54) is 0 Å². The van der Waals surface area contributed by atoms with Gasteiger partial charge in [-0.15, -0.1) is 0 Å². The lowest BCUT2D eigenvalue weighted by Crippen LogP contribution is -2.32. The topological polar surface area (TPSA) is 66.8 Å². The number of carboxylic acids is 1. The van der Waals surface area contributed by atoms with Crippen LogP contribution in [-0.4, -0.2) is 47.7 Å². The third-order valence-corrected chi connectivity index (χ3v) is 3.93. The van der Waals surface area contributed by atoms with E-state index in [0.717, 1.165) is 19.4 Å². The van der Waals surface area contributed by atoms with Crippen LogP contribution < -0.4 is 0 Å². The van der Waals surface area contributed by atoms with Gasteiger partial charge in [-0.3, -0.25) is 9.59 Å². The molecule has 3 atom stereocenters. The van der Waals surface area contributed by atoms with Crippen molar-refractivity contribution in [2.24, 2.45) is 17.8 Å². The van der Waals surface area contributed by atoms with E-state index in [1.807, 2.05) is 0 Å². The Labute approximate surface area is 113 Å². The molecule has 1 saturated carbocycles. The Hall–Kier alpha value is -1.10. The van der Waals surface area contributed by atoms with E-state index in [1.54, 1.807) is 4.90 Å². The van der Waals surface area contributed by atoms with Crippen molar-refractivity contribution in [1.82, 2.24) is 4.90 Å². The van der Waals surface area contributed by atoms with E-state index in [0.29, 0.717) is 25.4 Å². The average molecular weight is 269 g/mol. The molecule has 5 nitrogen and oxygen atoms in total. The van der Waals surface area contributed by atoms with Crippen LogP contribution in [0, 0.1) is 17.8 Å². The predicted octanol–water partition coefficient (Wildman–Crippen LogP) is 1.37. The molecular weight excluding hydrogens is 246 g/mol. The van der Waals surface area contributed by atoms with Gasteiger partial charge in [-0.2, -0.15) is 0 Å². The van der Waals surface area contributed by atoms with Gasteiger partial charge >= 0.3 is 5.97 Å². The molecule has 1 heterocycles. The number of amides is 1. The number of nitrogens with zero attached hydrogens (tertiary/aromatic N) is 1. The molecule has 0 aromatic heterocycles. The summed E-state index contributed by atoms with van der Waals surface area (Å²) in [6.07, 6.45) is 2.54. The van der Waals surface area contributed by atoms with Crippen molar-refractivity contribution in [3.8, 4) is 0 Å². The summed E-state index contributed by atoms with van der Waals surface area (Å²) in [7, 11) is 0. The highest BCUT2D eigenvalue weighted by Crippen LogP contribution is 2.40. The molecule has 2 fully saturated rings. The first-order valence-corrected chi connectivity index (χ1v) is 7.12. The Morgan fingerprint density at radius 1 is 1.37 bits per heavy atom. The Morgan fingerprint density at radius 3 is 2.68 bits per heavy atom. The molecule has 3 unspecified atom stereocenters. The number of hydrogen-bond acceptors (Lipinski definition) is 3. The molecule has 2 rings (SSSR count). The minimum absolute atomic E-state index is 0.00218. The molecule has 19 heavy (non-hydrogen) atoms. The van der Waals surface area contributed by atoms with Crippen LogP contribution in [0.15, 0.2) is 0 Å². The van der Waals surface area contributed by atoms with Crippen molar-refractivity contribution in [2.75, 3.05) is 19.7 Å². The van der Waals surface area contributed by atoms with Crippen LogP contribution >= 0.6 is 0 Å². The van der Waals surface area contributed by atoms with Crippen LogP contribution in [-0.2, 0) is 14.3 Å². The molecule has 0 aromatic carbocycles. The Balaban J connectivity index is 1.70. The molecule has 0 spiro atoms. The average Bonchev–Trinajstić information content (AvgIpc) is 3.01. The van der Waals surface area contributed by atoms with Crippen molar-refractivity contribution in [3.05, 3.63) is 0 Å². The number of aliphatic carboxylic acids is 1. The van der Waals surface area contributed by atoms with Gasteiger partial charge in [0.2, 0.25) is 5.91 Å². The lowest BCUT2D eigenvalue weighted by atomic mass is 10.1. The highest BCUT2D eigenvalue weighted by Gasteiger charge is 2.50. The maximum atomic E-state index is 12.1. The zero-order valence-electron chi connectivity index (χ0n) is 11.7. The van der Waals surface area contributed by atoms with Crippen LogP contribution in [0.25, 0.3) is 0 Å². The largest absolute Gasteiger partial charge is 0.481 e. The summed E-state index contributed by atoms with van der Waals surface area (Å²) in [5, 5.41) is 8.84. The van der Waals surface area contributed by atoms with Gasteiger partial charge in [0.05, 0.1) is 17.9 Å². The standard InChI is InChI=1S/C14H23NO4/c1-9(2)4-6-19-10-3-5-15(8-10)13(16)11-7-12(11)14(17)18/h9-12H,3-8H2,1-2H3,(H,17,18). The minimum Gasteiger partial charge on any atom is -0.481 e. The van der Waals surface area contributed by atoms with Crippen molar-refractivity contribution in [3.63, 3.8) is 0 Å². The van der Waals surface area contributed by atoms with Crippen molar-refractivity contribution in [1.29, 1.82) is 0 Å². The third kappa shape index (κ3) is 3.69. The first-order valence-electron chi connectivity index (χ1n) is 7.12. The first-order chi connectivity index (χ1) is 8.99. The Bertz CT molecular complexity index is 355. The van der Waals surface area contributed by atoms with Gasteiger partial charge in [-0.25, -0.2) is 0 Å². The number of carbonyl (C=O) groups is 2. The fraction of sp³-hybridized carbons (Fsp3) is 0.857. The summed E-state index contributed by atoms with van der Waals surface area (Å²) in [6, 6.07) is 0. The summed E-state index contributed by atoms with van der Waals surface area (Å²) >= 11 is 0. The maximum absolute atomic E-state index is 12.1. The molecule has 0 radical (unpaired) electrons. The predicted molar refractivity (Wildman–Crippen MR) is 69.6 cm³/mol. The van der Waals surface area contributed by atoms with E-state index >= 15 is 0 Å². The normalized spacial score (nSPS) is 29.8. The van der Waals surface area contributed by atoms with Gasteiger partial charge in [0, 0.05) is 19.7 Å². The quantitative estimate of drug-likeness (QED) is 0.791. The van der Waals surface area contributed by atoms with Gasteiger partial charge < -0.3 is 14.7 Å². The van der Waals surface area contributed by atoms with E-state index < -0.39 is 11.9 Å². The summed E-state index contributed by atoms with van der Waals surface area (Å²) in [4.78, 5) is 24.6. The van der Waals surface area contributed by atoms with Crippen molar-refractivity contribution < 1.29 is 19.4 Å². The van der Waals surface area contributed by atoms with E-state index in [4.69, 9.17) is 9.84 Å². The van der Waals surface area contributed by atoms with Gasteiger partial charge in [-0.05, 0) is 25.2 Å². The second-order valence-corrected chi connectivity index (χ2v) is 6.04.